The van der Waals surface area contributed by atoms with Gasteiger partial charge in [-0.3, -0.25) is 0 Å². The lowest BCUT2D eigenvalue weighted by atomic mass is 9.73. The van der Waals surface area contributed by atoms with Gasteiger partial charge in [-0.2, -0.15) is 5.14 Å². The van der Waals surface area contributed by atoms with E-state index in [9.17, 15) is 4.55 Å². The quantitative estimate of drug-likeness (QED) is 0.320. The van der Waals surface area contributed by atoms with Gasteiger partial charge in [-0.15, -0.1) is 0 Å². The fourth-order valence-electron chi connectivity index (χ4n) is 3.41. The zero-order valence-corrected chi connectivity index (χ0v) is 21.1. The third-order valence-corrected chi connectivity index (χ3v) is 12.8. The summed E-state index contributed by atoms with van der Waals surface area (Å²) in [5, 5.41) is 6.09. The highest BCUT2D eigenvalue weighted by atomic mass is 79.9. The van der Waals surface area contributed by atoms with Gasteiger partial charge in [0, 0.05) is 17.5 Å². The first-order valence-corrected chi connectivity index (χ1v) is 14.6. The van der Waals surface area contributed by atoms with Crippen molar-refractivity contribution in [2.45, 2.75) is 88.8 Å². The Morgan fingerprint density at radius 1 is 1.30 bits per heavy atom. The molecule has 0 saturated heterocycles. The molecule has 1 aromatic rings. The van der Waals surface area contributed by atoms with Gasteiger partial charge >= 0.3 is 0 Å². The van der Waals surface area contributed by atoms with Crippen molar-refractivity contribution in [1.82, 2.24) is 4.98 Å². The van der Waals surface area contributed by atoms with E-state index >= 15 is 0 Å². The van der Waals surface area contributed by atoms with Crippen LogP contribution in [0.2, 0.25) is 18.1 Å². The van der Waals surface area contributed by atoms with Crippen molar-refractivity contribution in [3.8, 4) is 0 Å². The lowest BCUT2D eigenvalue weighted by Crippen LogP contribution is -2.49. The predicted molar refractivity (Wildman–Crippen MR) is 120 cm³/mol. The summed E-state index contributed by atoms with van der Waals surface area (Å²) >= 11 is 2.04. The second kappa shape index (κ2) is 8.44. The summed E-state index contributed by atoms with van der Waals surface area (Å²) in [5.41, 5.74) is 0.960. The molecule has 1 fully saturated rings. The summed E-state index contributed by atoms with van der Waals surface area (Å²) in [6.45, 7) is 15.4. The third-order valence-electron chi connectivity index (χ3n) is 6.48. The summed E-state index contributed by atoms with van der Waals surface area (Å²) in [6, 6.07) is 5.92. The molecule has 2 N–H and O–H groups in total. The second-order valence-corrected chi connectivity index (χ2v) is 17.1. The number of halogens is 1. The lowest BCUT2D eigenvalue weighted by Gasteiger charge is -2.46. The topological polar surface area (TPSA) is 71.2 Å². The molecule has 0 aliphatic heterocycles. The molecule has 1 heterocycles. The highest BCUT2D eigenvalue weighted by molar-refractivity contribution is 9.10. The molecule has 0 aromatic carbocycles. The first-order chi connectivity index (χ1) is 12.2. The Bertz CT molecular complexity index is 643. The second-order valence-electron chi connectivity index (χ2n) is 9.91. The average molecular weight is 476 g/mol. The molecule has 1 aromatic heterocycles. The van der Waals surface area contributed by atoms with Crippen molar-refractivity contribution >= 4 is 35.6 Å². The number of hydrogen-bond acceptors (Lipinski definition) is 4. The molecular formula is C20H35BrN2O2SSi. The predicted octanol–water partition coefficient (Wildman–Crippen LogP) is 5.52. The minimum absolute atomic E-state index is 0.0552. The van der Waals surface area contributed by atoms with E-state index in [2.05, 4.69) is 54.8 Å². The first-order valence-electron chi connectivity index (χ1n) is 9.70. The maximum Gasteiger partial charge on any atom is 0.192 e. The van der Waals surface area contributed by atoms with E-state index in [4.69, 9.17) is 9.56 Å². The standard InChI is InChI=1S/C20H35BrN2O2SSi/c1-19(2,3)27(6,7)25-15-11-14(12-15)13-16(20(4,5)26(22)24)17-9-8-10-18(21)23-17/h8-10,14-16H,11-13,22H2,1-7H3/t14-,15+,16-,26?/m0/s1. The molecule has 0 spiro atoms. The normalized spacial score (nSPS) is 23.6. The molecule has 4 nitrogen and oxygen atoms in total. The molecule has 1 saturated carbocycles. The van der Waals surface area contributed by atoms with Gasteiger partial charge in [0.2, 0.25) is 0 Å². The summed E-state index contributed by atoms with van der Waals surface area (Å²) in [5.74, 6) is 0.619. The fourth-order valence-corrected chi connectivity index (χ4v) is 5.64. The van der Waals surface area contributed by atoms with E-state index in [1.165, 1.54) is 0 Å². The molecule has 7 heteroatoms. The molecule has 1 aliphatic carbocycles. The van der Waals surface area contributed by atoms with Gasteiger partial charge in [-0.25, -0.2) is 4.98 Å². The SMILES string of the molecule is CC(C)([C@@H](C[C@H]1C[C@@H](O[Si](C)(C)C(C)(C)C)C1)c1cccc(Br)n1)[S+](N)[O-]. The van der Waals surface area contributed by atoms with Gasteiger partial charge in [-0.1, -0.05) is 26.8 Å². The Labute approximate surface area is 177 Å². The molecular weight excluding hydrogens is 440 g/mol. The van der Waals surface area contributed by atoms with Gasteiger partial charge in [0.15, 0.2) is 8.32 Å². The summed E-state index contributed by atoms with van der Waals surface area (Å²) in [4.78, 5) is 4.65. The van der Waals surface area contributed by atoms with Gasteiger partial charge in [0.05, 0.1) is 11.6 Å². The first kappa shape index (κ1) is 23.4. The highest BCUT2D eigenvalue weighted by Crippen LogP contribution is 2.46. The van der Waals surface area contributed by atoms with Crippen LogP contribution in [0, 0.1) is 5.92 Å². The zero-order valence-electron chi connectivity index (χ0n) is 17.7. The molecule has 2 atom stereocenters. The van der Waals surface area contributed by atoms with Crippen molar-refractivity contribution < 1.29 is 8.98 Å². The maximum absolute atomic E-state index is 12.2. The number of nitrogens with zero attached hydrogens (tertiary/aromatic N) is 1. The van der Waals surface area contributed by atoms with Crippen LogP contribution in [-0.4, -0.2) is 28.7 Å². The van der Waals surface area contributed by atoms with Crippen molar-refractivity contribution in [3.63, 3.8) is 0 Å². The molecule has 1 unspecified atom stereocenters. The van der Waals surface area contributed by atoms with Crippen LogP contribution >= 0.6 is 15.9 Å². The maximum atomic E-state index is 12.2. The van der Waals surface area contributed by atoms with Gasteiger partial charge in [0.25, 0.3) is 0 Å². The van der Waals surface area contributed by atoms with Crippen LogP contribution < -0.4 is 5.14 Å². The smallest absolute Gasteiger partial charge is 0.192 e. The molecule has 0 amide bonds. The van der Waals surface area contributed by atoms with Gasteiger partial charge in [-0.05, 0) is 85.2 Å². The highest BCUT2D eigenvalue weighted by Gasteiger charge is 2.46. The fraction of sp³-hybridized carbons (Fsp3) is 0.750. The Morgan fingerprint density at radius 2 is 1.89 bits per heavy atom. The Hall–Kier alpha value is 0.0769. The van der Waals surface area contributed by atoms with Crippen molar-refractivity contribution in [1.29, 1.82) is 0 Å². The average Bonchev–Trinajstić information content (AvgIpc) is 2.47. The molecule has 0 bridgehead atoms. The van der Waals surface area contributed by atoms with Crippen LogP contribution in [0.15, 0.2) is 22.8 Å². The van der Waals surface area contributed by atoms with E-state index in [0.717, 1.165) is 29.6 Å². The van der Waals surface area contributed by atoms with Crippen LogP contribution in [0.4, 0.5) is 0 Å². The third kappa shape index (κ3) is 5.57. The van der Waals surface area contributed by atoms with Crippen molar-refractivity contribution in [2.75, 3.05) is 0 Å². The molecule has 154 valence electrons. The van der Waals surface area contributed by atoms with E-state index in [-0.39, 0.29) is 11.0 Å². The Kier molecular flexibility index (Phi) is 7.30. The zero-order chi connectivity index (χ0) is 20.6. The Morgan fingerprint density at radius 3 is 2.37 bits per heavy atom. The molecule has 2 rings (SSSR count). The monoisotopic (exact) mass is 474 g/mol. The van der Waals surface area contributed by atoms with E-state index in [0.29, 0.717) is 12.0 Å². The minimum atomic E-state index is -1.72. The summed E-state index contributed by atoms with van der Waals surface area (Å²) in [6.07, 6.45) is 3.45. The lowest BCUT2D eigenvalue weighted by molar-refractivity contribution is 0.0434. The van der Waals surface area contributed by atoms with Crippen LogP contribution in [-0.2, 0) is 15.8 Å². The molecule has 27 heavy (non-hydrogen) atoms. The number of aromatic nitrogens is 1. The van der Waals surface area contributed by atoms with Crippen molar-refractivity contribution in [2.24, 2.45) is 11.1 Å². The van der Waals surface area contributed by atoms with Crippen LogP contribution in [0.3, 0.4) is 0 Å². The number of nitrogens with two attached hydrogens (primary N) is 1. The van der Waals surface area contributed by atoms with E-state index in [1.807, 2.05) is 32.0 Å². The summed E-state index contributed by atoms with van der Waals surface area (Å²) < 4.78 is 19.1. The summed E-state index contributed by atoms with van der Waals surface area (Å²) in [7, 11) is -1.72. The van der Waals surface area contributed by atoms with E-state index < -0.39 is 24.4 Å². The largest absolute Gasteiger partial charge is 0.598 e. The molecule has 0 radical (unpaired) electrons. The van der Waals surface area contributed by atoms with E-state index in [1.54, 1.807) is 0 Å². The minimum Gasteiger partial charge on any atom is -0.598 e. The molecule has 1 aliphatic rings. The number of hydrogen-bond donors (Lipinski definition) is 1. The van der Waals surface area contributed by atoms with Crippen molar-refractivity contribution in [3.05, 3.63) is 28.5 Å². The Balaban J connectivity index is 2.06. The number of rotatable bonds is 7. The van der Waals surface area contributed by atoms with Crippen LogP contribution in [0.1, 0.15) is 65.5 Å². The van der Waals surface area contributed by atoms with Crippen LogP contribution in [0.25, 0.3) is 0 Å². The van der Waals surface area contributed by atoms with Gasteiger partial charge < -0.3 is 8.98 Å². The van der Waals surface area contributed by atoms with Crippen LogP contribution in [0.5, 0.6) is 0 Å². The van der Waals surface area contributed by atoms with Gasteiger partial charge in [0.1, 0.15) is 9.35 Å². The number of pyridine rings is 1.